The number of hydrogen-bond acceptors (Lipinski definition) is 8. The Kier molecular flexibility index (Phi) is 9.62. The predicted molar refractivity (Wildman–Crippen MR) is 146 cm³/mol. The van der Waals surface area contributed by atoms with Crippen LogP contribution in [-0.4, -0.2) is 50.5 Å². The molecule has 0 aliphatic rings. The van der Waals surface area contributed by atoms with Crippen molar-refractivity contribution in [2.45, 2.75) is 66.5 Å². The number of nitro groups is 2. The van der Waals surface area contributed by atoms with E-state index in [9.17, 15) is 20.2 Å². The summed E-state index contributed by atoms with van der Waals surface area (Å²) in [6, 6.07) is 15.0. The van der Waals surface area contributed by atoms with Crippen LogP contribution in [-0.2, 0) is 0 Å². The maximum atomic E-state index is 11.9. The molecule has 0 aliphatic heterocycles. The van der Waals surface area contributed by atoms with Gasteiger partial charge in [-0.15, -0.1) is 23.5 Å². The molecule has 35 heavy (non-hydrogen) atoms. The SMILES string of the molecule is CC(C)(C)Sc1ccccc1C=NCC(CN=Cc1ccccc1SC(C)(C)C)([N+](=O)[O-])[N+](=O)[O-]. The monoisotopic (exact) mass is 516 g/mol. The van der Waals surface area contributed by atoms with Crippen molar-refractivity contribution >= 4 is 36.0 Å². The van der Waals surface area contributed by atoms with Gasteiger partial charge in [0.15, 0.2) is 13.1 Å². The van der Waals surface area contributed by atoms with Crippen molar-refractivity contribution in [3.05, 3.63) is 79.9 Å². The molecule has 0 radical (unpaired) electrons. The number of nitrogens with zero attached hydrogens (tertiary/aromatic N) is 4. The predicted octanol–water partition coefficient (Wildman–Crippen LogP) is 6.26. The van der Waals surface area contributed by atoms with Crippen LogP contribution in [0.25, 0.3) is 0 Å². The molecule has 2 aromatic rings. The number of benzene rings is 2. The van der Waals surface area contributed by atoms with Crippen LogP contribution in [0.3, 0.4) is 0 Å². The van der Waals surface area contributed by atoms with Crippen molar-refractivity contribution in [2.24, 2.45) is 9.98 Å². The summed E-state index contributed by atoms with van der Waals surface area (Å²) in [5.41, 5.74) is -1.04. The number of aliphatic imine (C=N–C) groups is 2. The van der Waals surface area contributed by atoms with Gasteiger partial charge in [-0.1, -0.05) is 77.9 Å². The molecule has 0 heterocycles. The molecule has 0 aromatic heterocycles. The first-order chi connectivity index (χ1) is 16.2. The molecular weight excluding hydrogens is 484 g/mol. The minimum atomic E-state index is -2.55. The van der Waals surface area contributed by atoms with E-state index in [1.54, 1.807) is 23.5 Å². The van der Waals surface area contributed by atoms with Crippen molar-refractivity contribution in [1.82, 2.24) is 0 Å². The third-order valence-corrected chi connectivity index (χ3v) is 6.91. The highest BCUT2D eigenvalue weighted by Crippen LogP contribution is 2.34. The minimum Gasteiger partial charge on any atom is -0.277 e. The summed E-state index contributed by atoms with van der Waals surface area (Å²) in [6.45, 7) is 11.2. The maximum Gasteiger partial charge on any atom is 0.495 e. The minimum absolute atomic E-state index is 0.0499. The fraction of sp³-hybridized carbons (Fsp3) is 0.440. The normalized spacial score (nSPS) is 13.0. The van der Waals surface area contributed by atoms with Crippen LogP contribution in [0.4, 0.5) is 0 Å². The van der Waals surface area contributed by atoms with Crippen LogP contribution in [0, 0.1) is 20.2 Å². The standard InChI is InChI=1S/C25H32N4O4S2/c1-23(2,3)34-21-13-9-7-11-19(21)15-26-17-25(28(30)31,29(32)33)18-27-16-20-12-8-10-14-22(20)35-24(4,5)6/h7-16H,17-18H2,1-6H3. The van der Waals surface area contributed by atoms with Gasteiger partial charge in [-0.05, 0) is 12.1 Å². The molecule has 0 bridgehead atoms. The van der Waals surface area contributed by atoms with Crippen LogP contribution in [0.1, 0.15) is 52.7 Å². The van der Waals surface area contributed by atoms with E-state index < -0.39 is 28.6 Å². The van der Waals surface area contributed by atoms with Crippen LogP contribution >= 0.6 is 23.5 Å². The van der Waals surface area contributed by atoms with Crippen molar-refractivity contribution in [1.29, 1.82) is 0 Å². The summed E-state index contributed by atoms with van der Waals surface area (Å²) < 4.78 is -0.0999. The molecule has 0 saturated carbocycles. The molecule has 2 aromatic carbocycles. The summed E-state index contributed by atoms with van der Waals surface area (Å²) in [5.74, 6) is 0. The van der Waals surface area contributed by atoms with Crippen LogP contribution < -0.4 is 0 Å². The molecule has 188 valence electrons. The lowest BCUT2D eigenvalue weighted by atomic mass is 10.2. The fourth-order valence-corrected chi connectivity index (χ4v) is 5.04. The molecule has 2 rings (SSSR count). The first kappa shape index (κ1) is 28.5. The second-order valence-corrected chi connectivity index (χ2v) is 13.7. The van der Waals surface area contributed by atoms with Gasteiger partial charge >= 0.3 is 5.66 Å². The number of hydrogen-bond donors (Lipinski definition) is 0. The highest BCUT2D eigenvalue weighted by Gasteiger charge is 2.56. The van der Waals surface area contributed by atoms with Crippen molar-refractivity contribution < 1.29 is 9.85 Å². The highest BCUT2D eigenvalue weighted by atomic mass is 32.2. The van der Waals surface area contributed by atoms with Crippen molar-refractivity contribution in [2.75, 3.05) is 13.1 Å². The second kappa shape index (κ2) is 11.8. The van der Waals surface area contributed by atoms with Gasteiger partial charge in [0, 0.05) is 42.8 Å². The van der Waals surface area contributed by atoms with Crippen LogP contribution in [0.15, 0.2) is 68.3 Å². The van der Waals surface area contributed by atoms with E-state index in [2.05, 4.69) is 51.5 Å². The molecule has 8 nitrogen and oxygen atoms in total. The van der Waals surface area contributed by atoms with E-state index in [-0.39, 0.29) is 9.49 Å². The molecule has 10 heteroatoms. The van der Waals surface area contributed by atoms with Gasteiger partial charge < -0.3 is 0 Å². The van der Waals surface area contributed by atoms with Gasteiger partial charge in [0.25, 0.3) is 0 Å². The molecule has 0 atom stereocenters. The van der Waals surface area contributed by atoms with Crippen molar-refractivity contribution in [3.8, 4) is 0 Å². The highest BCUT2D eigenvalue weighted by molar-refractivity contribution is 8.01. The third kappa shape index (κ3) is 8.78. The average molecular weight is 517 g/mol. The van der Waals surface area contributed by atoms with Gasteiger partial charge in [-0.2, -0.15) is 0 Å². The van der Waals surface area contributed by atoms with Gasteiger partial charge in [0.2, 0.25) is 0 Å². The number of rotatable bonds is 10. The molecule has 0 amide bonds. The summed E-state index contributed by atoms with van der Waals surface area (Å²) in [7, 11) is 0. The molecule has 0 N–H and O–H groups in total. The fourth-order valence-electron chi connectivity index (χ4n) is 2.95. The molecule has 0 spiro atoms. The average Bonchev–Trinajstić information content (AvgIpc) is 2.72. The largest absolute Gasteiger partial charge is 0.495 e. The lowest BCUT2D eigenvalue weighted by Gasteiger charge is -2.19. The molecule has 0 saturated heterocycles. The zero-order valence-corrected chi connectivity index (χ0v) is 22.6. The Morgan fingerprint density at radius 2 is 1.06 bits per heavy atom. The van der Waals surface area contributed by atoms with Gasteiger partial charge in [-0.25, -0.2) is 0 Å². The van der Waals surface area contributed by atoms with E-state index in [1.165, 1.54) is 12.4 Å². The Bertz CT molecular complexity index is 1020. The summed E-state index contributed by atoms with van der Waals surface area (Å²) in [5, 5.41) is 23.7. The summed E-state index contributed by atoms with van der Waals surface area (Å²) in [6.07, 6.45) is 2.93. The second-order valence-electron chi connectivity index (χ2n) is 9.94. The van der Waals surface area contributed by atoms with E-state index in [0.29, 0.717) is 0 Å². The summed E-state index contributed by atoms with van der Waals surface area (Å²) >= 11 is 3.26. The Morgan fingerprint density at radius 3 is 1.37 bits per heavy atom. The maximum absolute atomic E-state index is 11.9. The Labute approximate surface area is 215 Å². The van der Waals surface area contributed by atoms with Crippen LogP contribution in [0.5, 0.6) is 0 Å². The lowest BCUT2D eigenvalue weighted by Crippen LogP contribution is -2.52. The molecular formula is C25H32N4O4S2. The first-order valence-corrected chi connectivity index (χ1v) is 12.7. The lowest BCUT2D eigenvalue weighted by molar-refractivity contribution is -0.789. The third-order valence-electron chi connectivity index (χ3n) is 4.50. The first-order valence-electron chi connectivity index (χ1n) is 11.1. The Hall–Kier alpha value is -2.72. The van der Waals surface area contributed by atoms with Gasteiger partial charge in [0.05, 0.1) is 0 Å². The topological polar surface area (TPSA) is 111 Å². The molecule has 0 aliphatic carbocycles. The zero-order chi connectivity index (χ0) is 26.3. The zero-order valence-electron chi connectivity index (χ0n) is 20.9. The van der Waals surface area contributed by atoms with Crippen LogP contribution in [0.2, 0.25) is 0 Å². The molecule has 0 fully saturated rings. The smallest absolute Gasteiger partial charge is 0.277 e. The van der Waals surface area contributed by atoms with Gasteiger partial charge in [0.1, 0.15) is 9.85 Å². The molecule has 0 unspecified atom stereocenters. The van der Waals surface area contributed by atoms with E-state index >= 15 is 0 Å². The van der Waals surface area contributed by atoms with Gasteiger partial charge in [-0.3, -0.25) is 30.2 Å². The van der Waals surface area contributed by atoms with Crippen molar-refractivity contribution in [3.63, 3.8) is 0 Å². The Morgan fingerprint density at radius 1 is 0.714 bits per heavy atom. The number of thioether (sulfide) groups is 2. The van der Waals surface area contributed by atoms with E-state index in [0.717, 1.165) is 20.9 Å². The van der Waals surface area contributed by atoms with E-state index in [4.69, 9.17) is 0 Å². The quantitative estimate of drug-likeness (QED) is 0.121. The van der Waals surface area contributed by atoms with E-state index in [1.807, 2.05) is 48.5 Å². The summed E-state index contributed by atoms with van der Waals surface area (Å²) in [4.78, 5) is 32.1. The Balaban J connectivity index is 2.28.